The van der Waals surface area contributed by atoms with Crippen LogP contribution in [0.25, 0.3) is 5.65 Å². The third-order valence-electron chi connectivity index (χ3n) is 6.25. The molecule has 6 N–H and O–H groups in total. The molecule has 2 atom stereocenters. The van der Waals surface area contributed by atoms with Crippen LogP contribution in [0.1, 0.15) is 64.1 Å². The number of unbranched alkanes of at least 4 members (excludes halogenated alkanes) is 1. The molecule has 1 fully saturated rings. The van der Waals surface area contributed by atoms with Crippen LogP contribution >= 0.6 is 22.9 Å². The van der Waals surface area contributed by atoms with Gasteiger partial charge in [-0.3, -0.25) is 19.4 Å². The number of hydrogen-bond donors (Lipinski definition) is 4. The molecule has 0 unspecified atom stereocenters. The fourth-order valence-electron chi connectivity index (χ4n) is 4.37. The number of halogens is 1. The van der Waals surface area contributed by atoms with Crippen LogP contribution < -0.4 is 22.1 Å². The van der Waals surface area contributed by atoms with E-state index in [0.29, 0.717) is 53.7 Å². The molecule has 0 spiro atoms. The molecular formula is C24H30ClN9O3S. The van der Waals surface area contributed by atoms with E-state index in [1.807, 2.05) is 0 Å². The zero-order valence-corrected chi connectivity index (χ0v) is 22.5. The highest BCUT2D eigenvalue weighted by atomic mass is 35.5. The zero-order chi connectivity index (χ0) is 27.2. The zero-order valence-electron chi connectivity index (χ0n) is 20.9. The highest BCUT2D eigenvalue weighted by Gasteiger charge is 2.34. The van der Waals surface area contributed by atoms with Crippen molar-refractivity contribution in [3.63, 3.8) is 0 Å². The third kappa shape index (κ3) is 6.40. The number of nitrogens with zero attached hydrogens (tertiary/aromatic N) is 5. The first-order chi connectivity index (χ1) is 18.3. The molecule has 14 heteroatoms. The number of amides is 3. The van der Waals surface area contributed by atoms with E-state index in [2.05, 4.69) is 25.6 Å². The number of guanidine groups is 1. The lowest BCUT2D eigenvalue weighted by Gasteiger charge is -2.22. The molecule has 1 saturated heterocycles. The molecule has 12 nitrogen and oxygen atoms in total. The SMILES string of the molecule is CNC(=O)[C@H](CCCCN=C(N)N)NC(=O)c1csc([C@H]2CCCN2C(=O)c2cn3cc(Cl)ccc3n2)n1. The summed E-state index contributed by atoms with van der Waals surface area (Å²) in [7, 11) is 1.52. The molecule has 1 aliphatic rings. The Balaban J connectivity index is 1.41. The number of aromatic nitrogens is 3. The summed E-state index contributed by atoms with van der Waals surface area (Å²) in [5.41, 5.74) is 11.8. The van der Waals surface area contributed by atoms with Gasteiger partial charge in [0, 0.05) is 37.9 Å². The predicted octanol–water partition coefficient (Wildman–Crippen LogP) is 1.71. The molecule has 202 valence electrons. The Morgan fingerprint density at radius 1 is 1.21 bits per heavy atom. The monoisotopic (exact) mass is 559 g/mol. The van der Waals surface area contributed by atoms with Crippen LogP contribution in [0.4, 0.5) is 0 Å². The highest BCUT2D eigenvalue weighted by Crippen LogP contribution is 2.35. The van der Waals surface area contributed by atoms with E-state index in [1.54, 1.807) is 39.2 Å². The number of carbonyl (C=O) groups excluding carboxylic acids is 3. The molecule has 1 aliphatic heterocycles. The van der Waals surface area contributed by atoms with Gasteiger partial charge in [0.2, 0.25) is 5.91 Å². The van der Waals surface area contributed by atoms with E-state index >= 15 is 0 Å². The van der Waals surface area contributed by atoms with E-state index in [-0.39, 0.29) is 29.5 Å². The standard InChI is InChI=1S/C24H30ClN9O3S/c1-28-20(35)15(5-2-3-9-29-24(26)27)31-21(36)17-13-38-22(32-17)18-6-4-10-34(18)23(37)16-12-33-11-14(25)7-8-19(33)30-16/h7-8,11-13,15,18H,2-6,9-10H2,1H3,(H,28,35)(H,31,36)(H4,26,27,29)/t15-,18+/m0/s1. The Morgan fingerprint density at radius 3 is 2.79 bits per heavy atom. The van der Waals surface area contributed by atoms with Crippen LogP contribution in [0.2, 0.25) is 5.02 Å². The molecule has 3 amide bonds. The van der Waals surface area contributed by atoms with Crippen molar-refractivity contribution in [2.45, 2.75) is 44.2 Å². The predicted molar refractivity (Wildman–Crippen MR) is 145 cm³/mol. The second-order valence-electron chi connectivity index (χ2n) is 8.91. The maximum absolute atomic E-state index is 13.3. The highest BCUT2D eigenvalue weighted by molar-refractivity contribution is 7.09. The second-order valence-corrected chi connectivity index (χ2v) is 10.2. The molecule has 0 aliphatic carbocycles. The van der Waals surface area contributed by atoms with Gasteiger partial charge in [-0.2, -0.15) is 0 Å². The molecule has 0 aromatic carbocycles. The first kappa shape index (κ1) is 27.3. The summed E-state index contributed by atoms with van der Waals surface area (Å²) in [6.07, 6.45) is 6.65. The smallest absolute Gasteiger partial charge is 0.274 e. The number of fused-ring (bicyclic) bond motifs is 1. The molecule has 38 heavy (non-hydrogen) atoms. The summed E-state index contributed by atoms with van der Waals surface area (Å²) in [5, 5.41) is 8.22. The lowest BCUT2D eigenvalue weighted by molar-refractivity contribution is -0.122. The van der Waals surface area contributed by atoms with E-state index in [1.165, 1.54) is 18.4 Å². The number of carbonyl (C=O) groups is 3. The summed E-state index contributed by atoms with van der Waals surface area (Å²) in [6, 6.07) is 2.50. The van der Waals surface area contributed by atoms with Crippen molar-refractivity contribution in [3.8, 4) is 0 Å². The second kappa shape index (κ2) is 12.2. The van der Waals surface area contributed by atoms with Crippen molar-refractivity contribution >= 4 is 52.3 Å². The average Bonchev–Trinajstić information content (AvgIpc) is 3.65. The number of aliphatic imine (C=N–C) groups is 1. The van der Waals surface area contributed by atoms with E-state index < -0.39 is 11.9 Å². The lowest BCUT2D eigenvalue weighted by atomic mass is 10.1. The number of imidazole rings is 1. The molecule has 0 saturated carbocycles. The van der Waals surface area contributed by atoms with Crippen LogP contribution in [0.3, 0.4) is 0 Å². The van der Waals surface area contributed by atoms with Crippen LogP contribution in [0, 0.1) is 0 Å². The Hall–Kier alpha value is -3.71. The van der Waals surface area contributed by atoms with Gasteiger partial charge in [-0.05, 0) is 44.2 Å². The Bertz CT molecular complexity index is 1350. The largest absolute Gasteiger partial charge is 0.370 e. The maximum atomic E-state index is 13.3. The van der Waals surface area contributed by atoms with Gasteiger partial charge in [0.25, 0.3) is 11.8 Å². The molecule has 0 radical (unpaired) electrons. The first-order valence-electron chi connectivity index (χ1n) is 12.3. The van der Waals surface area contributed by atoms with Crippen molar-refractivity contribution in [1.29, 1.82) is 0 Å². The van der Waals surface area contributed by atoms with Gasteiger partial charge < -0.3 is 31.4 Å². The van der Waals surface area contributed by atoms with Gasteiger partial charge in [0.05, 0.1) is 11.1 Å². The van der Waals surface area contributed by atoms with Crippen molar-refractivity contribution in [2.24, 2.45) is 16.5 Å². The number of likely N-dealkylation sites (N-methyl/N-ethyl adjacent to an activating group) is 1. The van der Waals surface area contributed by atoms with Crippen molar-refractivity contribution in [1.82, 2.24) is 29.9 Å². The Labute approximate surface area is 228 Å². The topological polar surface area (TPSA) is 173 Å². The number of likely N-dealkylation sites (tertiary alicyclic amines) is 1. The van der Waals surface area contributed by atoms with Crippen LogP contribution in [0.15, 0.2) is 34.9 Å². The minimum absolute atomic E-state index is 0.0197. The maximum Gasteiger partial charge on any atom is 0.274 e. The van der Waals surface area contributed by atoms with E-state index in [4.69, 9.17) is 23.1 Å². The van der Waals surface area contributed by atoms with Gasteiger partial charge in [0.15, 0.2) is 5.96 Å². The number of thiazole rings is 1. The number of nitrogens with one attached hydrogen (secondary N) is 2. The van der Waals surface area contributed by atoms with Crippen molar-refractivity contribution in [2.75, 3.05) is 20.1 Å². The minimum atomic E-state index is -0.718. The average molecular weight is 560 g/mol. The molecule has 4 heterocycles. The van der Waals surface area contributed by atoms with Crippen LogP contribution in [0.5, 0.6) is 0 Å². The number of hydrogen-bond acceptors (Lipinski definition) is 7. The van der Waals surface area contributed by atoms with Gasteiger partial charge in [-0.25, -0.2) is 9.97 Å². The van der Waals surface area contributed by atoms with Gasteiger partial charge in [-0.15, -0.1) is 11.3 Å². The van der Waals surface area contributed by atoms with E-state index in [9.17, 15) is 14.4 Å². The quantitative estimate of drug-likeness (QED) is 0.166. The first-order valence-corrected chi connectivity index (χ1v) is 13.5. The Kier molecular flexibility index (Phi) is 8.79. The third-order valence-corrected chi connectivity index (χ3v) is 7.42. The minimum Gasteiger partial charge on any atom is -0.370 e. The molecule has 4 rings (SSSR count). The molecular weight excluding hydrogens is 530 g/mol. The van der Waals surface area contributed by atoms with E-state index in [0.717, 1.165) is 12.8 Å². The summed E-state index contributed by atoms with van der Waals surface area (Å²) in [4.78, 5) is 53.2. The van der Waals surface area contributed by atoms with Crippen LogP contribution in [-0.2, 0) is 4.79 Å². The van der Waals surface area contributed by atoms with Gasteiger partial charge in [-0.1, -0.05) is 11.6 Å². The molecule has 3 aromatic rings. The normalized spacial score (nSPS) is 15.8. The fraction of sp³-hybridized carbons (Fsp3) is 0.417. The lowest BCUT2D eigenvalue weighted by Crippen LogP contribution is -2.45. The molecule has 3 aromatic heterocycles. The summed E-state index contributed by atoms with van der Waals surface area (Å²) in [5.74, 6) is -0.921. The van der Waals surface area contributed by atoms with Crippen molar-refractivity contribution < 1.29 is 14.4 Å². The molecule has 0 bridgehead atoms. The fourth-order valence-corrected chi connectivity index (χ4v) is 5.48. The van der Waals surface area contributed by atoms with Crippen molar-refractivity contribution in [3.05, 3.63) is 51.3 Å². The van der Waals surface area contributed by atoms with Crippen LogP contribution in [-0.4, -0.2) is 69.1 Å². The van der Waals surface area contributed by atoms with Gasteiger partial charge >= 0.3 is 0 Å². The summed E-state index contributed by atoms with van der Waals surface area (Å²) in [6.45, 7) is 1.02. The number of nitrogens with two attached hydrogens (primary N) is 2. The summed E-state index contributed by atoms with van der Waals surface area (Å²) < 4.78 is 1.72. The number of pyridine rings is 1. The number of rotatable bonds is 10. The Morgan fingerprint density at radius 2 is 2.03 bits per heavy atom. The van der Waals surface area contributed by atoms with Gasteiger partial charge in [0.1, 0.15) is 28.1 Å². The summed E-state index contributed by atoms with van der Waals surface area (Å²) >= 11 is 7.37.